The molecule has 0 aliphatic heterocycles. The van der Waals surface area contributed by atoms with Crippen molar-refractivity contribution >= 4 is 11.4 Å². The van der Waals surface area contributed by atoms with Crippen LogP contribution in [0.4, 0.5) is 15.8 Å². The van der Waals surface area contributed by atoms with Crippen LogP contribution in [0.2, 0.25) is 0 Å². The molecule has 0 aliphatic rings. The zero-order valence-corrected chi connectivity index (χ0v) is 11.9. The minimum atomic E-state index is -0.220. The lowest BCUT2D eigenvalue weighted by Crippen LogP contribution is -2.38. The molecule has 2 nitrogen and oxygen atoms in total. The lowest BCUT2D eigenvalue weighted by molar-refractivity contribution is 0.496. The summed E-state index contributed by atoms with van der Waals surface area (Å²) < 4.78 is 14.1. The van der Waals surface area contributed by atoms with E-state index in [-0.39, 0.29) is 5.82 Å². The number of benzene rings is 1. The van der Waals surface area contributed by atoms with E-state index in [9.17, 15) is 4.39 Å². The highest BCUT2D eigenvalue weighted by Gasteiger charge is 2.19. The van der Waals surface area contributed by atoms with Gasteiger partial charge in [-0.25, -0.2) is 4.39 Å². The van der Waals surface area contributed by atoms with Crippen LogP contribution in [-0.4, -0.2) is 12.6 Å². The molecule has 0 radical (unpaired) electrons. The summed E-state index contributed by atoms with van der Waals surface area (Å²) in [5, 5.41) is 0. The third-order valence-corrected chi connectivity index (χ3v) is 3.23. The predicted molar refractivity (Wildman–Crippen MR) is 77.4 cm³/mol. The zero-order chi connectivity index (χ0) is 13.7. The maximum absolute atomic E-state index is 14.1. The van der Waals surface area contributed by atoms with Crippen molar-refractivity contribution in [2.45, 2.75) is 46.6 Å². The quantitative estimate of drug-likeness (QED) is 0.774. The first-order valence-electron chi connectivity index (χ1n) is 6.81. The number of nitrogens with two attached hydrogens (primary N) is 1. The second-order valence-electron chi connectivity index (χ2n) is 5.23. The number of nitrogen functional groups attached to an aromatic ring is 1. The van der Waals surface area contributed by atoms with Crippen molar-refractivity contribution in [2.24, 2.45) is 5.92 Å². The molecular formula is C15H25FN2. The molecule has 0 amide bonds. The van der Waals surface area contributed by atoms with Crippen molar-refractivity contribution in [1.82, 2.24) is 0 Å². The standard InChI is InChI=1S/C15H25FN2/c1-5-13(6-2)18(10-11(3)4)15-8-7-12(17)9-14(15)16/h7-9,11,13H,5-6,10,17H2,1-4H3. The average molecular weight is 252 g/mol. The van der Waals surface area contributed by atoms with Crippen molar-refractivity contribution in [3.63, 3.8) is 0 Å². The maximum atomic E-state index is 14.1. The first-order chi connectivity index (χ1) is 8.49. The number of nitrogens with zero attached hydrogens (tertiary/aromatic N) is 1. The molecule has 0 saturated heterocycles. The van der Waals surface area contributed by atoms with Crippen LogP contribution in [0.3, 0.4) is 0 Å². The molecule has 0 fully saturated rings. The Labute approximate surface area is 110 Å². The van der Waals surface area contributed by atoms with Crippen LogP contribution in [0.15, 0.2) is 18.2 Å². The van der Waals surface area contributed by atoms with Crippen molar-refractivity contribution < 1.29 is 4.39 Å². The highest BCUT2D eigenvalue weighted by molar-refractivity contribution is 5.55. The largest absolute Gasteiger partial charge is 0.399 e. The number of rotatable bonds is 6. The van der Waals surface area contributed by atoms with Gasteiger partial charge in [-0.2, -0.15) is 0 Å². The number of hydrogen-bond acceptors (Lipinski definition) is 2. The lowest BCUT2D eigenvalue weighted by Gasteiger charge is -2.34. The second kappa shape index (κ2) is 6.62. The van der Waals surface area contributed by atoms with Gasteiger partial charge in [-0.3, -0.25) is 0 Å². The Morgan fingerprint density at radius 2 is 1.83 bits per heavy atom. The Hall–Kier alpha value is -1.25. The van der Waals surface area contributed by atoms with E-state index in [2.05, 4.69) is 32.6 Å². The van der Waals surface area contributed by atoms with Crippen LogP contribution in [0.1, 0.15) is 40.5 Å². The van der Waals surface area contributed by atoms with E-state index in [1.165, 1.54) is 6.07 Å². The molecule has 0 aliphatic carbocycles. The molecule has 0 atom stereocenters. The molecule has 1 aromatic carbocycles. The van der Waals surface area contributed by atoms with Gasteiger partial charge in [0.2, 0.25) is 0 Å². The van der Waals surface area contributed by atoms with Crippen LogP contribution >= 0.6 is 0 Å². The van der Waals surface area contributed by atoms with E-state index in [0.29, 0.717) is 23.3 Å². The van der Waals surface area contributed by atoms with E-state index in [4.69, 9.17) is 5.73 Å². The molecule has 2 N–H and O–H groups in total. The number of anilines is 2. The van der Waals surface area contributed by atoms with Crippen LogP contribution < -0.4 is 10.6 Å². The Bertz CT molecular complexity index is 373. The number of halogens is 1. The third-order valence-electron chi connectivity index (χ3n) is 3.23. The summed E-state index contributed by atoms with van der Waals surface area (Å²) in [4.78, 5) is 2.18. The molecule has 18 heavy (non-hydrogen) atoms. The summed E-state index contributed by atoms with van der Waals surface area (Å²) in [6.07, 6.45) is 2.04. The fourth-order valence-electron chi connectivity index (χ4n) is 2.32. The number of hydrogen-bond donors (Lipinski definition) is 1. The normalized spacial score (nSPS) is 11.3. The molecule has 0 bridgehead atoms. The van der Waals surface area contributed by atoms with Crippen molar-refractivity contribution in [3.05, 3.63) is 24.0 Å². The molecule has 3 heteroatoms. The molecule has 1 rings (SSSR count). The van der Waals surface area contributed by atoms with Gasteiger partial charge in [0.05, 0.1) is 5.69 Å². The monoisotopic (exact) mass is 252 g/mol. The molecule has 0 spiro atoms. The second-order valence-corrected chi connectivity index (χ2v) is 5.23. The van der Waals surface area contributed by atoms with Gasteiger partial charge in [0.15, 0.2) is 0 Å². The highest BCUT2D eigenvalue weighted by atomic mass is 19.1. The van der Waals surface area contributed by atoms with Gasteiger partial charge in [0.25, 0.3) is 0 Å². The fourth-order valence-corrected chi connectivity index (χ4v) is 2.32. The van der Waals surface area contributed by atoms with E-state index in [1.807, 2.05) is 0 Å². The maximum Gasteiger partial charge on any atom is 0.148 e. The summed E-state index contributed by atoms with van der Waals surface area (Å²) in [6, 6.07) is 5.36. The third kappa shape index (κ3) is 3.62. The van der Waals surface area contributed by atoms with Crippen molar-refractivity contribution in [2.75, 3.05) is 17.2 Å². The van der Waals surface area contributed by atoms with Crippen molar-refractivity contribution in [1.29, 1.82) is 0 Å². The predicted octanol–water partition coefficient (Wildman–Crippen LogP) is 4.06. The van der Waals surface area contributed by atoms with E-state index >= 15 is 0 Å². The van der Waals surface area contributed by atoms with Crippen LogP contribution in [0.25, 0.3) is 0 Å². The van der Waals surface area contributed by atoms with Crippen LogP contribution in [0, 0.1) is 11.7 Å². The Morgan fingerprint density at radius 1 is 1.22 bits per heavy atom. The summed E-state index contributed by atoms with van der Waals surface area (Å²) in [6.45, 7) is 9.48. The van der Waals surface area contributed by atoms with E-state index < -0.39 is 0 Å². The summed E-state index contributed by atoms with van der Waals surface area (Å²) in [5.41, 5.74) is 6.76. The first kappa shape index (κ1) is 14.8. The molecule has 0 saturated carbocycles. The Kier molecular flexibility index (Phi) is 5.45. The summed E-state index contributed by atoms with van der Waals surface area (Å²) >= 11 is 0. The molecule has 1 aromatic rings. The average Bonchev–Trinajstić information content (AvgIpc) is 2.29. The van der Waals surface area contributed by atoms with Gasteiger partial charge in [-0.15, -0.1) is 0 Å². The topological polar surface area (TPSA) is 29.3 Å². The minimum Gasteiger partial charge on any atom is -0.399 e. The Morgan fingerprint density at radius 3 is 2.28 bits per heavy atom. The van der Waals surface area contributed by atoms with Gasteiger partial charge in [-0.1, -0.05) is 27.7 Å². The summed E-state index contributed by atoms with van der Waals surface area (Å²) in [7, 11) is 0. The van der Waals surface area contributed by atoms with Gasteiger partial charge in [0.1, 0.15) is 5.82 Å². The fraction of sp³-hybridized carbons (Fsp3) is 0.600. The van der Waals surface area contributed by atoms with Crippen molar-refractivity contribution in [3.8, 4) is 0 Å². The SMILES string of the molecule is CCC(CC)N(CC(C)C)c1ccc(N)cc1F. The van der Waals surface area contributed by atoms with E-state index in [1.54, 1.807) is 12.1 Å². The zero-order valence-electron chi connectivity index (χ0n) is 11.9. The molecule has 0 unspecified atom stereocenters. The summed E-state index contributed by atoms with van der Waals surface area (Å²) in [5.74, 6) is 0.283. The highest BCUT2D eigenvalue weighted by Crippen LogP contribution is 2.26. The minimum absolute atomic E-state index is 0.220. The smallest absolute Gasteiger partial charge is 0.148 e. The van der Waals surface area contributed by atoms with Gasteiger partial charge in [-0.05, 0) is 37.0 Å². The van der Waals surface area contributed by atoms with Crippen LogP contribution in [0.5, 0.6) is 0 Å². The van der Waals surface area contributed by atoms with Gasteiger partial charge < -0.3 is 10.6 Å². The van der Waals surface area contributed by atoms with Gasteiger partial charge >= 0.3 is 0 Å². The van der Waals surface area contributed by atoms with Crippen LogP contribution in [-0.2, 0) is 0 Å². The molecule has 0 heterocycles. The lowest BCUT2D eigenvalue weighted by atomic mass is 10.1. The van der Waals surface area contributed by atoms with E-state index in [0.717, 1.165) is 19.4 Å². The first-order valence-corrected chi connectivity index (χ1v) is 6.81. The Balaban J connectivity index is 3.08. The molecule has 102 valence electrons. The molecular weight excluding hydrogens is 227 g/mol. The van der Waals surface area contributed by atoms with Gasteiger partial charge in [0, 0.05) is 18.3 Å². The molecule has 0 aromatic heterocycles.